The molecule has 10 heteroatoms. The largest absolute Gasteiger partial charge is 0.342 e. The lowest BCUT2D eigenvalue weighted by molar-refractivity contribution is -0.113. The molecule has 2 N–H and O–H groups in total. The second-order valence-electron chi connectivity index (χ2n) is 11.6. The third-order valence-electron chi connectivity index (χ3n) is 7.52. The van der Waals surface area contributed by atoms with Gasteiger partial charge < -0.3 is 15.2 Å². The van der Waals surface area contributed by atoms with Crippen LogP contribution in [0.5, 0.6) is 0 Å². The molecule has 0 fully saturated rings. The highest BCUT2D eigenvalue weighted by Gasteiger charge is 2.32. The summed E-state index contributed by atoms with van der Waals surface area (Å²) in [6.07, 6.45) is 2.88. The molecule has 4 rings (SSSR count). The molecule has 1 aliphatic carbocycles. The van der Waals surface area contributed by atoms with Crippen LogP contribution >= 0.6 is 23.1 Å². The van der Waals surface area contributed by atoms with Gasteiger partial charge in [0.1, 0.15) is 11.1 Å². The number of benzene rings is 1. The van der Waals surface area contributed by atoms with E-state index in [4.69, 9.17) is 0 Å². The van der Waals surface area contributed by atoms with Crippen LogP contribution in [0.2, 0.25) is 0 Å². The Labute approximate surface area is 245 Å². The molecule has 0 bridgehead atoms. The quantitative estimate of drug-likeness (QED) is 0.291. The van der Waals surface area contributed by atoms with Gasteiger partial charge >= 0.3 is 0 Å². The third kappa shape index (κ3) is 6.58. The van der Waals surface area contributed by atoms with Crippen LogP contribution in [0.25, 0.3) is 0 Å². The summed E-state index contributed by atoms with van der Waals surface area (Å²) in [7, 11) is 0. The first-order valence-corrected chi connectivity index (χ1v) is 15.6. The second-order valence-corrected chi connectivity index (χ2v) is 13.7. The summed E-state index contributed by atoms with van der Waals surface area (Å²) < 4.78 is 1.95. The van der Waals surface area contributed by atoms with E-state index in [0.717, 1.165) is 24.8 Å². The number of rotatable bonds is 9. The monoisotopic (exact) mass is 578 g/mol. The molecule has 0 saturated carbocycles. The average Bonchev–Trinajstić information content (AvgIpc) is 3.49. The number of amides is 2. The van der Waals surface area contributed by atoms with E-state index in [9.17, 15) is 14.9 Å². The van der Waals surface area contributed by atoms with Crippen molar-refractivity contribution in [3.63, 3.8) is 0 Å². The summed E-state index contributed by atoms with van der Waals surface area (Å²) in [5, 5.41) is 26.0. The SMILES string of the molecule is CCn1c(SCC(=O)Nc2sc3c(c2C#N)CC[C@@H](C(C)(C)C)C3)nnc1[C@H](NC(=O)c1ccccc1)C(C)C. The zero-order valence-corrected chi connectivity index (χ0v) is 25.7. The number of nitrogens with zero attached hydrogens (tertiary/aromatic N) is 4. The van der Waals surface area contributed by atoms with Crippen molar-refractivity contribution >= 4 is 39.9 Å². The first-order valence-electron chi connectivity index (χ1n) is 13.8. The van der Waals surface area contributed by atoms with E-state index in [-0.39, 0.29) is 34.9 Å². The Morgan fingerprint density at radius 3 is 2.58 bits per heavy atom. The van der Waals surface area contributed by atoms with E-state index in [1.54, 1.807) is 23.5 Å². The van der Waals surface area contributed by atoms with Gasteiger partial charge in [0.05, 0.1) is 17.4 Å². The van der Waals surface area contributed by atoms with E-state index in [2.05, 4.69) is 47.7 Å². The maximum absolute atomic E-state index is 13.0. The Morgan fingerprint density at radius 2 is 1.95 bits per heavy atom. The van der Waals surface area contributed by atoms with Crippen LogP contribution in [0, 0.1) is 28.6 Å². The number of hydrogen-bond donors (Lipinski definition) is 2. The van der Waals surface area contributed by atoms with Gasteiger partial charge in [0, 0.05) is 17.0 Å². The lowest BCUT2D eigenvalue weighted by atomic mass is 9.72. The zero-order chi connectivity index (χ0) is 29.0. The number of thioether (sulfide) groups is 1. The summed E-state index contributed by atoms with van der Waals surface area (Å²) in [6.45, 7) is 13.5. The number of thiophene rings is 1. The fourth-order valence-electron chi connectivity index (χ4n) is 5.10. The molecule has 0 saturated heterocycles. The summed E-state index contributed by atoms with van der Waals surface area (Å²) >= 11 is 2.84. The standard InChI is InChI=1S/C30H38N6O2S2/c1-7-36-26(25(18(2)3)33-27(38)19-11-9-8-10-12-19)34-35-29(36)39-17-24(37)32-28-22(16-31)21-14-13-20(30(4,5)6)15-23(21)40-28/h8-12,18,20,25H,7,13-15,17H2,1-6H3,(H,32,37)(H,33,38)/t20-,25-/m1/s1. The van der Waals surface area contributed by atoms with Crippen LogP contribution in [0.3, 0.4) is 0 Å². The van der Waals surface area contributed by atoms with Gasteiger partial charge in [-0.05, 0) is 61.1 Å². The van der Waals surface area contributed by atoms with Crippen LogP contribution in [0.1, 0.15) is 86.2 Å². The molecule has 2 atom stereocenters. The Bertz CT molecular complexity index is 1400. The van der Waals surface area contributed by atoms with Crippen molar-refractivity contribution in [3.8, 4) is 6.07 Å². The van der Waals surface area contributed by atoms with Crippen LogP contribution in [-0.2, 0) is 24.2 Å². The van der Waals surface area contributed by atoms with E-state index >= 15 is 0 Å². The minimum absolute atomic E-state index is 0.0791. The summed E-state index contributed by atoms with van der Waals surface area (Å²) in [5.41, 5.74) is 2.51. The molecule has 2 aromatic heterocycles. The van der Waals surface area contributed by atoms with Gasteiger partial charge in [0.2, 0.25) is 5.91 Å². The number of aromatic nitrogens is 3. The highest BCUT2D eigenvalue weighted by Crippen LogP contribution is 2.44. The smallest absolute Gasteiger partial charge is 0.251 e. The molecule has 0 unspecified atom stereocenters. The van der Waals surface area contributed by atoms with Crippen molar-refractivity contribution in [1.82, 2.24) is 20.1 Å². The predicted molar refractivity (Wildman–Crippen MR) is 161 cm³/mol. The number of carbonyl (C=O) groups excluding carboxylic acids is 2. The van der Waals surface area contributed by atoms with Gasteiger partial charge in [-0.2, -0.15) is 5.26 Å². The van der Waals surface area contributed by atoms with Gasteiger partial charge in [0.25, 0.3) is 5.91 Å². The van der Waals surface area contributed by atoms with Crippen LogP contribution in [-0.4, -0.2) is 32.3 Å². The topological polar surface area (TPSA) is 113 Å². The fourth-order valence-corrected chi connectivity index (χ4v) is 7.21. The van der Waals surface area contributed by atoms with Crippen molar-refractivity contribution in [3.05, 3.63) is 57.7 Å². The Morgan fingerprint density at radius 1 is 1.23 bits per heavy atom. The third-order valence-corrected chi connectivity index (χ3v) is 9.65. The van der Waals surface area contributed by atoms with Crippen LogP contribution in [0.15, 0.2) is 35.5 Å². The molecule has 1 aromatic carbocycles. The van der Waals surface area contributed by atoms with Gasteiger partial charge in [-0.25, -0.2) is 0 Å². The molecular weight excluding hydrogens is 541 g/mol. The molecular formula is C30H38N6O2S2. The van der Waals surface area contributed by atoms with E-state index in [1.165, 1.54) is 16.6 Å². The lowest BCUT2D eigenvalue weighted by Crippen LogP contribution is -2.33. The molecule has 0 radical (unpaired) electrons. The highest BCUT2D eigenvalue weighted by molar-refractivity contribution is 7.99. The predicted octanol–water partition coefficient (Wildman–Crippen LogP) is 6.24. The number of nitriles is 1. The minimum Gasteiger partial charge on any atom is -0.342 e. The summed E-state index contributed by atoms with van der Waals surface area (Å²) in [5.74, 6) is 1.09. The minimum atomic E-state index is -0.337. The number of carbonyl (C=O) groups is 2. The molecule has 40 heavy (non-hydrogen) atoms. The summed E-state index contributed by atoms with van der Waals surface area (Å²) in [6, 6.07) is 11.1. The molecule has 0 spiro atoms. The molecule has 2 amide bonds. The Balaban J connectivity index is 1.44. The van der Waals surface area contributed by atoms with Crippen LogP contribution in [0.4, 0.5) is 5.00 Å². The van der Waals surface area contributed by atoms with Crippen molar-refractivity contribution in [2.75, 3.05) is 11.1 Å². The molecule has 2 heterocycles. The molecule has 1 aliphatic rings. The lowest BCUT2D eigenvalue weighted by Gasteiger charge is -2.33. The fraction of sp³-hybridized carbons (Fsp3) is 0.500. The van der Waals surface area contributed by atoms with Crippen molar-refractivity contribution in [1.29, 1.82) is 5.26 Å². The van der Waals surface area contributed by atoms with E-state index in [1.807, 2.05) is 43.5 Å². The molecule has 3 aromatic rings. The highest BCUT2D eigenvalue weighted by atomic mass is 32.2. The van der Waals surface area contributed by atoms with Crippen molar-refractivity contribution in [2.24, 2.45) is 17.3 Å². The second kappa shape index (κ2) is 12.6. The van der Waals surface area contributed by atoms with Gasteiger partial charge in [-0.1, -0.05) is 64.6 Å². The van der Waals surface area contributed by atoms with Gasteiger partial charge in [0.15, 0.2) is 11.0 Å². The number of fused-ring (bicyclic) bond motifs is 1. The normalized spacial score (nSPS) is 15.8. The maximum Gasteiger partial charge on any atom is 0.251 e. The maximum atomic E-state index is 13.0. The van der Waals surface area contributed by atoms with E-state index in [0.29, 0.717) is 39.6 Å². The first-order chi connectivity index (χ1) is 19.0. The number of nitrogens with one attached hydrogen (secondary N) is 2. The van der Waals surface area contributed by atoms with Crippen molar-refractivity contribution < 1.29 is 9.59 Å². The zero-order valence-electron chi connectivity index (χ0n) is 24.1. The molecule has 0 aliphatic heterocycles. The van der Waals surface area contributed by atoms with E-state index < -0.39 is 0 Å². The van der Waals surface area contributed by atoms with Crippen molar-refractivity contribution in [2.45, 2.75) is 78.5 Å². The van der Waals surface area contributed by atoms with Gasteiger partial charge in [-0.3, -0.25) is 9.59 Å². The number of hydrogen-bond acceptors (Lipinski definition) is 7. The number of anilines is 1. The van der Waals surface area contributed by atoms with Crippen LogP contribution < -0.4 is 10.6 Å². The molecule has 212 valence electrons. The Kier molecular flexibility index (Phi) is 9.37. The first kappa shape index (κ1) is 29.8. The van der Waals surface area contributed by atoms with Gasteiger partial charge in [-0.15, -0.1) is 21.5 Å². The summed E-state index contributed by atoms with van der Waals surface area (Å²) in [4.78, 5) is 27.1. The molecule has 8 nitrogen and oxygen atoms in total. The average molecular weight is 579 g/mol. The Hall–Kier alpha value is -3.16.